The number of nitrogens with one attached hydrogen (secondary N) is 1. The number of fused-ring (bicyclic) bond motifs is 1. The Hall–Kier alpha value is -2.87. The number of halogens is 1. The summed E-state index contributed by atoms with van der Waals surface area (Å²) in [5, 5.41) is 2.90. The van der Waals surface area contributed by atoms with Gasteiger partial charge in [-0.25, -0.2) is 12.7 Å². The lowest BCUT2D eigenvalue weighted by molar-refractivity contribution is 0.0950. The lowest BCUT2D eigenvalue weighted by atomic mass is 10.0. The maximum atomic E-state index is 12.6. The second kappa shape index (κ2) is 8.94. The van der Waals surface area contributed by atoms with Gasteiger partial charge in [0.2, 0.25) is 10.0 Å². The maximum Gasteiger partial charge on any atom is 0.251 e. The van der Waals surface area contributed by atoms with Crippen molar-refractivity contribution in [2.24, 2.45) is 0 Å². The summed E-state index contributed by atoms with van der Waals surface area (Å²) in [6.45, 7) is 1.04. The number of rotatable bonds is 6. The first-order valence-electron chi connectivity index (χ1n) is 10.1. The number of hydrogen-bond acceptors (Lipinski definition) is 4. The molecule has 166 valence electrons. The predicted molar refractivity (Wildman–Crippen MR) is 125 cm³/mol. The van der Waals surface area contributed by atoms with Crippen molar-refractivity contribution in [2.45, 2.75) is 17.9 Å². The van der Waals surface area contributed by atoms with Crippen molar-refractivity contribution in [3.63, 3.8) is 0 Å². The normalized spacial score (nSPS) is 13.0. The molecule has 0 atom stereocenters. The molecular formula is C24H23ClN2O4S. The van der Waals surface area contributed by atoms with Crippen LogP contribution in [-0.2, 0) is 23.0 Å². The number of hydrogen-bond donors (Lipinski definition) is 1. The van der Waals surface area contributed by atoms with Gasteiger partial charge in [-0.2, -0.15) is 0 Å². The highest BCUT2D eigenvalue weighted by Crippen LogP contribution is 2.30. The molecule has 32 heavy (non-hydrogen) atoms. The van der Waals surface area contributed by atoms with E-state index in [2.05, 4.69) is 11.4 Å². The van der Waals surface area contributed by atoms with Crippen molar-refractivity contribution in [3.05, 3.63) is 82.4 Å². The van der Waals surface area contributed by atoms with E-state index in [9.17, 15) is 13.2 Å². The van der Waals surface area contributed by atoms with E-state index in [-0.39, 0.29) is 21.4 Å². The molecule has 0 radical (unpaired) electrons. The number of benzene rings is 3. The van der Waals surface area contributed by atoms with Gasteiger partial charge in [-0.05, 0) is 52.6 Å². The largest absolute Gasteiger partial charge is 0.493 e. The average Bonchev–Trinajstić information content (AvgIpc) is 3.26. The molecule has 0 fully saturated rings. The van der Waals surface area contributed by atoms with E-state index in [0.29, 0.717) is 6.54 Å². The summed E-state index contributed by atoms with van der Waals surface area (Å²) >= 11 is 6.05. The Morgan fingerprint density at radius 1 is 1.03 bits per heavy atom. The van der Waals surface area contributed by atoms with Gasteiger partial charge in [-0.1, -0.05) is 41.9 Å². The number of nitrogens with zero attached hydrogens (tertiary/aromatic N) is 1. The second-order valence-corrected chi connectivity index (χ2v) is 10.3. The van der Waals surface area contributed by atoms with Crippen LogP contribution < -0.4 is 10.1 Å². The molecule has 0 bridgehead atoms. The van der Waals surface area contributed by atoms with Gasteiger partial charge in [0.1, 0.15) is 10.6 Å². The Morgan fingerprint density at radius 3 is 2.47 bits per heavy atom. The molecule has 1 N–H and O–H groups in total. The van der Waals surface area contributed by atoms with E-state index in [0.717, 1.165) is 39.8 Å². The summed E-state index contributed by atoms with van der Waals surface area (Å²) in [7, 11) is -0.922. The van der Waals surface area contributed by atoms with Crippen molar-refractivity contribution in [2.75, 3.05) is 20.7 Å². The molecule has 1 amide bonds. The molecule has 8 heteroatoms. The number of ether oxygens (including phenoxy) is 1. The smallest absolute Gasteiger partial charge is 0.251 e. The maximum absolute atomic E-state index is 12.6. The van der Waals surface area contributed by atoms with Crippen molar-refractivity contribution in [1.29, 1.82) is 0 Å². The fourth-order valence-corrected chi connectivity index (χ4v) is 4.90. The van der Waals surface area contributed by atoms with Gasteiger partial charge in [0, 0.05) is 32.6 Å². The molecule has 1 heterocycles. The van der Waals surface area contributed by atoms with Crippen molar-refractivity contribution < 1.29 is 17.9 Å². The first-order valence-corrected chi connectivity index (χ1v) is 11.9. The van der Waals surface area contributed by atoms with Crippen LogP contribution in [0.5, 0.6) is 5.75 Å². The highest BCUT2D eigenvalue weighted by Gasteiger charge is 2.22. The minimum atomic E-state index is -3.75. The van der Waals surface area contributed by atoms with E-state index in [1.165, 1.54) is 37.9 Å². The molecular weight excluding hydrogens is 448 g/mol. The lowest BCUT2D eigenvalue weighted by Crippen LogP contribution is -2.25. The molecule has 0 saturated carbocycles. The minimum absolute atomic E-state index is 0.0731. The molecule has 0 spiro atoms. The fraction of sp³-hybridized carbons (Fsp3) is 0.208. The van der Waals surface area contributed by atoms with Crippen LogP contribution in [0.2, 0.25) is 5.02 Å². The minimum Gasteiger partial charge on any atom is -0.493 e. The van der Waals surface area contributed by atoms with E-state index in [1.54, 1.807) is 0 Å². The Morgan fingerprint density at radius 2 is 1.75 bits per heavy atom. The number of sulfonamides is 1. The van der Waals surface area contributed by atoms with Gasteiger partial charge in [0.25, 0.3) is 5.91 Å². The van der Waals surface area contributed by atoms with Crippen molar-refractivity contribution in [3.8, 4) is 16.9 Å². The summed E-state index contributed by atoms with van der Waals surface area (Å²) in [5.41, 5.74) is 4.59. The molecule has 0 aromatic heterocycles. The SMILES string of the molecule is CN(C)S(=O)(=O)c1cc(C(=O)NCc2ccc(-c3ccc4c(c3)CCO4)cc2)ccc1Cl. The van der Waals surface area contributed by atoms with Crippen LogP contribution in [0.25, 0.3) is 11.1 Å². The van der Waals surface area contributed by atoms with Gasteiger partial charge in [0.15, 0.2) is 0 Å². The van der Waals surface area contributed by atoms with Crippen LogP contribution in [0, 0.1) is 0 Å². The van der Waals surface area contributed by atoms with E-state index >= 15 is 0 Å². The zero-order chi connectivity index (χ0) is 22.9. The Labute approximate surface area is 192 Å². The molecule has 0 unspecified atom stereocenters. The third kappa shape index (κ3) is 4.50. The second-order valence-electron chi connectivity index (χ2n) is 7.73. The summed E-state index contributed by atoms with van der Waals surface area (Å²) in [5.74, 6) is 0.580. The number of carbonyl (C=O) groups excluding carboxylic acids is 1. The topological polar surface area (TPSA) is 75.7 Å². The zero-order valence-electron chi connectivity index (χ0n) is 17.8. The fourth-order valence-electron chi connectivity index (χ4n) is 3.50. The molecule has 1 aliphatic rings. The summed E-state index contributed by atoms with van der Waals surface area (Å²) in [4.78, 5) is 12.5. The average molecular weight is 471 g/mol. The molecule has 3 aromatic rings. The van der Waals surface area contributed by atoms with Crippen LogP contribution in [-0.4, -0.2) is 39.3 Å². The third-order valence-corrected chi connectivity index (χ3v) is 7.68. The van der Waals surface area contributed by atoms with E-state index in [4.69, 9.17) is 16.3 Å². The zero-order valence-corrected chi connectivity index (χ0v) is 19.3. The highest BCUT2D eigenvalue weighted by molar-refractivity contribution is 7.89. The van der Waals surface area contributed by atoms with Gasteiger partial charge in [-0.15, -0.1) is 0 Å². The summed E-state index contributed by atoms with van der Waals surface area (Å²) < 4.78 is 31.5. The third-order valence-electron chi connectivity index (χ3n) is 5.38. The quantitative estimate of drug-likeness (QED) is 0.588. The van der Waals surface area contributed by atoms with Crippen LogP contribution in [0.3, 0.4) is 0 Å². The van der Waals surface area contributed by atoms with Gasteiger partial charge in [0.05, 0.1) is 11.6 Å². The number of carbonyl (C=O) groups is 1. The molecule has 4 rings (SSSR count). The molecule has 6 nitrogen and oxygen atoms in total. The Bertz CT molecular complexity index is 1270. The Balaban J connectivity index is 1.44. The summed E-state index contributed by atoms with van der Waals surface area (Å²) in [6, 6.07) is 18.4. The van der Waals surface area contributed by atoms with E-state index in [1.807, 2.05) is 36.4 Å². The van der Waals surface area contributed by atoms with Crippen LogP contribution >= 0.6 is 11.6 Å². The van der Waals surface area contributed by atoms with Crippen LogP contribution in [0.15, 0.2) is 65.6 Å². The molecule has 0 aliphatic carbocycles. The lowest BCUT2D eigenvalue weighted by Gasteiger charge is -2.14. The van der Waals surface area contributed by atoms with Crippen molar-refractivity contribution >= 4 is 27.5 Å². The predicted octanol–water partition coefficient (Wildman–Crippen LogP) is 4.12. The Kier molecular flexibility index (Phi) is 6.24. The number of amides is 1. The van der Waals surface area contributed by atoms with Gasteiger partial charge < -0.3 is 10.1 Å². The highest BCUT2D eigenvalue weighted by atomic mass is 35.5. The monoisotopic (exact) mass is 470 g/mol. The van der Waals surface area contributed by atoms with Gasteiger partial charge in [-0.3, -0.25) is 4.79 Å². The van der Waals surface area contributed by atoms with Crippen LogP contribution in [0.1, 0.15) is 21.5 Å². The molecule has 1 aliphatic heterocycles. The van der Waals surface area contributed by atoms with Gasteiger partial charge >= 0.3 is 0 Å². The van der Waals surface area contributed by atoms with Crippen LogP contribution in [0.4, 0.5) is 0 Å². The van der Waals surface area contributed by atoms with E-state index < -0.39 is 10.0 Å². The molecule has 0 saturated heterocycles. The summed E-state index contributed by atoms with van der Waals surface area (Å²) in [6.07, 6.45) is 0.926. The molecule has 3 aromatic carbocycles. The van der Waals surface area contributed by atoms with Crippen molar-refractivity contribution in [1.82, 2.24) is 9.62 Å². The standard InChI is InChI=1S/C24H23ClN2O4S/c1-27(2)32(29,30)23-14-20(7-9-21(23)25)24(28)26-15-16-3-5-17(6-4-16)18-8-10-22-19(13-18)11-12-31-22/h3-10,13-14H,11-12,15H2,1-2H3,(H,26,28). The first-order chi connectivity index (χ1) is 15.3. The first kappa shape index (κ1) is 22.3.